The van der Waals surface area contributed by atoms with E-state index < -0.39 is 18.2 Å². The fraction of sp³-hybridized carbons (Fsp3) is 0.176. The zero-order chi connectivity index (χ0) is 17.0. The van der Waals surface area contributed by atoms with Crippen molar-refractivity contribution >= 4 is 5.97 Å². The lowest BCUT2D eigenvalue weighted by Gasteiger charge is -2.14. The number of halogens is 3. The molecule has 0 heterocycles. The molecule has 0 bridgehead atoms. The number of benzene rings is 2. The minimum Gasteiger partial charge on any atom is -0.433 e. The first-order valence-electron chi connectivity index (χ1n) is 6.65. The maximum atomic E-state index is 12.4. The Labute approximate surface area is 130 Å². The molecule has 0 radical (unpaired) electrons. The molecular weight excluding hydrogens is 307 g/mol. The van der Waals surface area contributed by atoms with Crippen LogP contribution in [0, 0.1) is 18.3 Å². The lowest BCUT2D eigenvalue weighted by atomic mass is 10.0. The number of nitrogens with zero attached hydrogens (tertiary/aromatic N) is 1. The van der Waals surface area contributed by atoms with Gasteiger partial charge in [-0.25, -0.2) is 4.79 Å². The molecule has 1 unspecified atom stereocenters. The van der Waals surface area contributed by atoms with Gasteiger partial charge in [-0.15, -0.1) is 0 Å². The van der Waals surface area contributed by atoms with Crippen molar-refractivity contribution in [2.24, 2.45) is 0 Å². The highest BCUT2D eigenvalue weighted by Gasteiger charge is 2.43. The molecule has 0 aliphatic rings. The summed E-state index contributed by atoms with van der Waals surface area (Å²) in [5.41, 5.74) is 2.78. The van der Waals surface area contributed by atoms with E-state index in [1.54, 1.807) is 12.1 Å². The summed E-state index contributed by atoms with van der Waals surface area (Å²) in [6, 6.07) is 14.5. The molecule has 23 heavy (non-hydrogen) atoms. The molecule has 0 aromatic heterocycles. The topological polar surface area (TPSA) is 50.1 Å². The van der Waals surface area contributed by atoms with Gasteiger partial charge in [0.05, 0.1) is 5.56 Å². The number of carbonyl (C=O) groups excluding carboxylic acids is 1. The summed E-state index contributed by atoms with van der Waals surface area (Å²) >= 11 is 0. The Bertz CT molecular complexity index is 728. The van der Waals surface area contributed by atoms with Gasteiger partial charge in [-0.2, -0.15) is 18.4 Å². The summed E-state index contributed by atoms with van der Waals surface area (Å²) in [6.45, 7) is 1.95. The highest BCUT2D eigenvalue weighted by Crippen LogP contribution is 2.24. The summed E-state index contributed by atoms with van der Waals surface area (Å²) < 4.78 is 41.4. The Hall–Kier alpha value is -2.81. The zero-order valence-corrected chi connectivity index (χ0v) is 12.1. The summed E-state index contributed by atoms with van der Waals surface area (Å²) in [5.74, 6) is -1.19. The predicted octanol–water partition coefficient (Wildman–Crippen LogP) is 4.27. The van der Waals surface area contributed by atoms with Gasteiger partial charge in [-0.3, -0.25) is 0 Å². The molecular formula is C17H12F3NO2. The van der Waals surface area contributed by atoms with Crippen molar-refractivity contribution in [1.29, 1.82) is 5.26 Å². The van der Waals surface area contributed by atoms with Gasteiger partial charge in [0.15, 0.2) is 0 Å². The first-order chi connectivity index (χ1) is 10.8. The molecule has 0 spiro atoms. The fourth-order valence-corrected chi connectivity index (χ4v) is 1.89. The van der Waals surface area contributed by atoms with Crippen molar-refractivity contribution in [2.45, 2.75) is 19.2 Å². The van der Waals surface area contributed by atoms with E-state index in [2.05, 4.69) is 4.74 Å². The molecule has 0 aliphatic carbocycles. The van der Waals surface area contributed by atoms with Crippen molar-refractivity contribution in [3.8, 4) is 17.2 Å². The summed E-state index contributed by atoms with van der Waals surface area (Å²) in [7, 11) is 0. The summed E-state index contributed by atoms with van der Waals surface area (Å²) in [6.07, 6.45) is -7.68. The lowest BCUT2D eigenvalue weighted by molar-refractivity contribution is -0.186. The summed E-state index contributed by atoms with van der Waals surface area (Å²) in [4.78, 5) is 11.7. The third-order valence-electron chi connectivity index (χ3n) is 3.14. The van der Waals surface area contributed by atoms with E-state index in [1.807, 2.05) is 31.2 Å². The fourth-order valence-electron chi connectivity index (χ4n) is 1.89. The molecule has 6 heteroatoms. The second-order valence-electron chi connectivity index (χ2n) is 4.90. The van der Waals surface area contributed by atoms with E-state index in [9.17, 15) is 18.0 Å². The number of esters is 1. The second-order valence-corrected chi connectivity index (χ2v) is 4.90. The van der Waals surface area contributed by atoms with E-state index in [0.717, 1.165) is 22.8 Å². The Morgan fingerprint density at radius 3 is 1.96 bits per heavy atom. The van der Waals surface area contributed by atoms with Crippen LogP contribution in [0.4, 0.5) is 13.2 Å². The Morgan fingerprint density at radius 2 is 1.52 bits per heavy atom. The molecule has 0 fully saturated rings. The van der Waals surface area contributed by atoms with Crippen molar-refractivity contribution < 1.29 is 22.7 Å². The highest BCUT2D eigenvalue weighted by atomic mass is 19.4. The monoisotopic (exact) mass is 319 g/mol. The molecule has 0 aliphatic heterocycles. The average Bonchev–Trinajstić information content (AvgIpc) is 2.52. The minimum atomic E-state index is -4.91. The van der Waals surface area contributed by atoms with Crippen molar-refractivity contribution in [1.82, 2.24) is 0 Å². The van der Waals surface area contributed by atoms with Gasteiger partial charge in [0.2, 0.25) is 0 Å². The van der Waals surface area contributed by atoms with Gasteiger partial charge in [-0.1, -0.05) is 42.0 Å². The average molecular weight is 319 g/mol. The smallest absolute Gasteiger partial charge is 0.433 e. The highest BCUT2D eigenvalue weighted by molar-refractivity contribution is 5.90. The Balaban J connectivity index is 2.15. The number of hydrogen-bond donors (Lipinski definition) is 0. The van der Waals surface area contributed by atoms with Crippen LogP contribution < -0.4 is 0 Å². The number of ether oxygens (including phenoxy) is 1. The number of hydrogen-bond acceptors (Lipinski definition) is 3. The first kappa shape index (κ1) is 16.6. The van der Waals surface area contributed by atoms with Gasteiger partial charge in [0, 0.05) is 0 Å². The van der Waals surface area contributed by atoms with E-state index in [1.165, 1.54) is 12.1 Å². The number of alkyl halides is 3. The van der Waals surface area contributed by atoms with Crippen LogP contribution in [0.5, 0.6) is 0 Å². The van der Waals surface area contributed by atoms with Crippen molar-refractivity contribution in [3.63, 3.8) is 0 Å². The van der Waals surface area contributed by atoms with Crippen LogP contribution in [0.3, 0.4) is 0 Å². The molecule has 0 amide bonds. The van der Waals surface area contributed by atoms with Gasteiger partial charge >= 0.3 is 12.1 Å². The third kappa shape index (κ3) is 4.10. The van der Waals surface area contributed by atoms with Crippen LogP contribution in [-0.4, -0.2) is 18.2 Å². The Kier molecular flexibility index (Phi) is 4.70. The van der Waals surface area contributed by atoms with Crippen LogP contribution in [-0.2, 0) is 4.74 Å². The maximum absolute atomic E-state index is 12.4. The molecule has 0 saturated heterocycles. The molecule has 3 nitrogen and oxygen atoms in total. The largest absolute Gasteiger partial charge is 0.439 e. The van der Waals surface area contributed by atoms with E-state index in [4.69, 9.17) is 5.26 Å². The quantitative estimate of drug-likeness (QED) is 0.794. The number of rotatable bonds is 3. The van der Waals surface area contributed by atoms with E-state index >= 15 is 0 Å². The Morgan fingerprint density at radius 1 is 1.04 bits per heavy atom. The maximum Gasteiger partial charge on any atom is 0.439 e. The van der Waals surface area contributed by atoms with Gasteiger partial charge in [-0.05, 0) is 30.2 Å². The zero-order valence-electron chi connectivity index (χ0n) is 12.1. The van der Waals surface area contributed by atoms with Crippen molar-refractivity contribution in [2.75, 3.05) is 0 Å². The molecule has 0 saturated carbocycles. The normalized spacial score (nSPS) is 12.3. The van der Waals surface area contributed by atoms with Gasteiger partial charge < -0.3 is 4.74 Å². The molecule has 2 rings (SSSR count). The van der Waals surface area contributed by atoms with Gasteiger partial charge in [0.25, 0.3) is 6.10 Å². The minimum absolute atomic E-state index is 0.0506. The number of nitriles is 1. The molecule has 118 valence electrons. The predicted molar refractivity (Wildman–Crippen MR) is 77.5 cm³/mol. The standard InChI is InChI=1S/C17H12F3NO2/c1-11-2-4-12(5-3-11)13-6-8-14(9-7-13)16(22)23-15(10-21)17(18,19)20/h2-9,15H,1H3. The van der Waals surface area contributed by atoms with E-state index in [-0.39, 0.29) is 5.56 Å². The molecule has 1 atom stereocenters. The summed E-state index contributed by atoms with van der Waals surface area (Å²) in [5, 5.41) is 8.43. The second kappa shape index (κ2) is 6.53. The van der Waals surface area contributed by atoms with Crippen LogP contribution in [0.2, 0.25) is 0 Å². The van der Waals surface area contributed by atoms with Gasteiger partial charge in [0.1, 0.15) is 6.07 Å². The lowest BCUT2D eigenvalue weighted by Crippen LogP contribution is -2.32. The van der Waals surface area contributed by atoms with Crippen LogP contribution in [0.25, 0.3) is 11.1 Å². The van der Waals surface area contributed by atoms with Crippen LogP contribution in [0.1, 0.15) is 15.9 Å². The van der Waals surface area contributed by atoms with Crippen LogP contribution in [0.15, 0.2) is 48.5 Å². The molecule has 0 N–H and O–H groups in total. The number of carbonyl (C=O) groups is 1. The van der Waals surface area contributed by atoms with Crippen molar-refractivity contribution in [3.05, 3.63) is 59.7 Å². The van der Waals surface area contributed by atoms with E-state index in [0.29, 0.717) is 0 Å². The SMILES string of the molecule is Cc1ccc(-c2ccc(C(=O)OC(C#N)C(F)(F)F)cc2)cc1. The molecule has 2 aromatic rings. The third-order valence-corrected chi connectivity index (χ3v) is 3.14. The number of aryl methyl sites for hydroxylation is 1. The first-order valence-corrected chi connectivity index (χ1v) is 6.65. The van der Waals surface area contributed by atoms with Crippen LogP contribution >= 0.6 is 0 Å². The molecule has 2 aromatic carbocycles.